The smallest absolute Gasteiger partial charge is 0.330 e. The van der Waals surface area contributed by atoms with Gasteiger partial charge >= 0.3 is 5.97 Å². The van der Waals surface area contributed by atoms with Crippen molar-refractivity contribution in [2.75, 3.05) is 6.54 Å². The van der Waals surface area contributed by atoms with Crippen LogP contribution in [0, 0.1) is 13.8 Å². The average Bonchev–Trinajstić information content (AvgIpc) is 2.66. The number of carboxylic acid groups (broad SMARTS) is 1. The SMILES string of the molecule is CC(=O)N(CCC(=O)NC(C(=O)O)c1cccc(C)c1C)Cc1ccccc1. The van der Waals surface area contributed by atoms with Gasteiger partial charge in [0.1, 0.15) is 0 Å². The first-order valence-electron chi connectivity index (χ1n) is 9.17. The number of aryl methyl sites for hydroxylation is 1. The molecule has 2 rings (SSSR count). The second-order valence-electron chi connectivity index (χ2n) is 6.80. The molecule has 0 aliphatic heterocycles. The molecule has 0 radical (unpaired) electrons. The van der Waals surface area contributed by atoms with Crippen molar-refractivity contribution in [3.05, 3.63) is 70.8 Å². The Morgan fingerprint density at radius 3 is 2.32 bits per heavy atom. The molecule has 1 atom stereocenters. The minimum atomic E-state index is -1.12. The molecule has 0 bridgehead atoms. The maximum Gasteiger partial charge on any atom is 0.330 e. The molecule has 1 unspecified atom stereocenters. The third-order valence-electron chi connectivity index (χ3n) is 4.78. The predicted molar refractivity (Wildman–Crippen MR) is 107 cm³/mol. The maximum absolute atomic E-state index is 12.4. The van der Waals surface area contributed by atoms with E-state index in [1.165, 1.54) is 6.92 Å². The third kappa shape index (κ3) is 5.67. The lowest BCUT2D eigenvalue weighted by Crippen LogP contribution is -2.37. The molecule has 6 heteroatoms. The van der Waals surface area contributed by atoms with Crippen molar-refractivity contribution < 1.29 is 19.5 Å². The first-order chi connectivity index (χ1) is 13.3. The summed E-state index contributed by atoms with van der Waals surface area (Å²) in [6.07, 6.45) is 0.0288. The van der Waals surface area contributed by atoms with E-state index >= 15 is 0 Å². The molecule has 0 saturated carbocycles. The molecule has 28 heavy (non-hydrogen) atoms. The van der Waals surface area contributed by atoms with Crippen molar-refractivity contribution in [1.82, 2.24) is 10.2 Å². The lowest BCUT2D eigenvalue weighted by atomic mass is 9.97. The third-order valence-corrected chi connectivity index (χ3v) is 4.78. The van der Waals surface area contributed by atoms with Crippen molar-refractivity contribution in [3.63, 3.8) is 0 Å². The Hall–Kier alpha value is -3.15. The van der Waals surface area contributed by atoms with Gasteiger partial charge in [-0.2, -0.15) is 0 Å². The standard InChI is InChI=1S/C22H26N2O4/c1-15-8-7-11-19(16(15)2)21(22(27)28)23-20(26)12-13-24(17(3)25)14-18-9-5-4-6-10-18/h4-11,21H,12-14H2,1-3H3,(H,23,26)(H,27,28). The Kier molecular flexibility index (Phi) is 7.32. The van der Waals surface area contributed by atoms with Gasteiger partial charge in [0, 0.05) is 26.4 Å². The number of amides is 2. The number of aliphatic carboxylic acids is 1. The topological polar surface area (TPSA) is 86.7 Å². The second kappa shape index (κ2) is 9.69. The molecule has 6 nitrogen and oxygen atoms in total. The number of benzene rings is 2. The second-order valence-corrected chi connectivity index (χ2v) is 6.80. The van der Waals surface area contributed by atoms with Gasteiger partial charge < -0.3 is 15.3 Å². The van der Waals surface area contributed by atoms with Crippen molar-refractivity contribution >= 4 is 17.8 Å². The number of hydrogen-bond donors (Lipinski definition) is 2. The number of nitrogens with zero attached hydrogens (tertiary/aromatic N) is 1. The highest BCUT2D eigenvalue weighted by molar-refractivity contribution is 5.85. The van der Waals surface area contributed by atoms with E-state index < -0.39 is 17.9 Å². The molecule has 0 spiro atoms. The average molecular weight is 382 g/mol. The van der Waals surface area contributed by atoms with Crippen LogP contribution in [0.25, 0.3) is 0 Å². The van der Waals surface area contributed by atoms with Crippen LogP contribution in [0.4, 0.5) is 0 Å². The molecule has 0 aliphatic carbocycles. The van der Waals surface area contributed by atoms with Gasteiger partial charge in [-0.05, 0) is 36.1 Å². The first-order valence-corrected chi connectivity index (χ1v) is 9.17. The quantitative estimate of drug-likeness (QED) is 0.735. The molecule has 2 aromatic carbocycles. The zero-order chi connectivity index (χ0) is 20.7. The molecular formula is C22H26N2O4. The van der Waals surface area contributed by atoms with Gasteiger partial charge in [-0.1, -0.05) is 48.5 Å². The number of nitrogens with one attached hydrogen (secondary N) is 1. The van der Waals surface area contributed by atoms with Gasteiger partial charge in [0.05, 0.1) is 0 Å². The number of hydrogen-bond acceptors (Lipinski definition) is 3. The fourth-order valence-electron chi connectivity index (χ4n) is 2.98. The van der Waals surface area contributed by atoms with Crippen molar-refractivity contribution in [2.45, 2.75) is 39.8 Å². The summed E-state index contributed by atoms with van der Waals surface area (Å²) >= 11 is 0. The lowest BCUT2D eigenvalue weighted by Gasteiger charge is -2.22. The van der Waals surface area contributed by atoms with Crippen molar-refractivity contribution in [2.24, 2.45) is 0 Å². The molecule has 0 heterocycles. The summed E-state index contributed by atoms with van der Waals surface area (Å²) in [6, 6.07) is 13.8. The van der Waals surface area contributed by atoms with E-state index in [2.05, 4.69) is 5.32 Å². The molecule has 0 saturated heterocycles. The van der Waals surface area contributed by atoms with E-state index in [-0.39, 0.29) is 18.9 Å². The van der Waals surface area contributed by atoms with Gasteiger partial charge in [0.2, 0.25) is 11.8 Å². The monoisotopic (exact) mass is 382 g/mol. The predicted octanol–water partition coefficient (Wildman–Crippen LogP) is 2.98. The van der Waals surface area contributed by atoms with Crippen LogP contribution in [-0.2, 0) is 20.9 Å². The minimum Gasteiger partial charge on any atom is -0.479 e. The summed E-state index contributed by atoms with van der Waals surface area (Å²) in [5.41, 5.74) is 3.33. The zero-order valence-electron chi connectivity index (χ0n) is 16.4. The van der Waals surface area contributed by atoms with Crippen LogP contribution in [0.2, 0.25) is 0 Å². The highest BCUT2D eigenvalue weighted by Crippen LogP contribution is 2.21. The minimum absolute atomic E-state index is 0.0288. The Balaban J connectivity index is 2.02. The number of carbonyl (C=O) groups is 3. The summed E-state index contributed by atoms with van der Waals surface area (Å²) in [5, 5.41) is 12.2. The summed E-state index contributed by atoms with van der Waals surface area (Å²) in [4.78, 5) is 37.6. The molecule has 2 amide bonds. The van der Waals surface area contributed by atoms with E-state index in [4.69, 9.17) is 0 Å². The van der Waals surface area contributed by atoms with E-state index in [0.717, 1.165) is 16.7 Å². The maximum atomic E-state index is 12.4. The number of carboxylic acids is 1. The summed E-state index contributed by atoms with van der Waals surface area (Å²) < 4.78 is 0. The van der Waals surface area contributed by atoms with Crippen LogP contribution in [0.15, 0.2) is 48.5 Å². The Bertz CT molecular complexity index is 849. The fourth-order valence-corrected chi connectivity index (χ4v) is 2.98. The zero-order valence-corrected chi connectivity index (χ0v) is 16.4. The summed E-state index contributed by atoms with van der Waals surface area (Å²) in [6.45, 7) is 5.81. The molecular weight excluding hydrogens is 356 g/mol. The van der Waals surface area contributed by atoms with E-state index in [9.17, 15) is 19.5 Å². The van der Waals surface area contributed by atoms with Gasteiger partial charge in [0.15, 0.2) is 6.04 Å². The van der Waals surface area contributed by atoms with Crippen molar-refractivity contribution in [1.29, 1.82) is 0 Å². The largest absolute Gasteiger partial charge is 0.479 e. The van der Waals surface area contributed by atoms with Crippen LogP contribution < -0.4 is 5.32 Å². The molecule has 0 fully saturated rings. The van der Waals surface area contributed by atoms with Crippen LogP contribution in [-0.4, -0.2) is 34.3 Å². The molecule has 2 aromatic rings. The van der Waals surface area contributed by atoms with Gasteiger partial charge in [0.25, 0.3) is 0 Å². The molecule has 148 valence electrons. The highest BCUT2D eigenvalue weighted by Gasteiger charge is 2.24. The van der Waals surface area contributed by atoms with Crippen LogP contribution in [0.3, 0.4) is 0 Å². The Labute approximate surface area is 165 Å². The van der Waals surface area contributed by atoms with Crippen molar-refractivity contribution in [3.8, 4) is 0 Å². The molecule has 0 aromatic heterocycles. The highest BCUT2D eigenvalue weighted by atomic mass is 16.4. The number of carbonyl (C=O) groups excluding carboxylic acids is 2. The molecule has 2 N–H and O–H groups in total. The van der Waals surface area contributed by atoms with E-state index in [1.807, 2.05) is 50.2 Å². The Morgan fingerprint density at radius 1 is 1.04 bits per heavy atom. The van der Waals surface area contributed by atoms with Crippen LogP contribution >= 0.6 is 0 Å². The normalized spacial score (nSPS) is 11.5. The van der Waals surface area contributed by atoms with Crippen LogP contribution in [0.1, 0.15) is 41.6 Å². The Morgan fingerprint density at radius 2 is 1.71 bits per heavy atom. The molecule has 0 aliphatic rings. The van der Waals surface area contributed by atoms with Gasteiger partial charge in [-0.3, -0.25) is 9.59 Å². The lowest BCUT2D eigenvalue weighted by molar-refractivity contribution is -0.142. The summed E-state index contributed by atoms with van der Waals surface area (Å²) in [5.74, 6) is -1.66. The summed E-state index contributed by atoms with van der Waals surface area (Å²) in [7, 11) is 0. The van der Waals surface area contributed by atoms with Gasteiger partial charge in [-0.15, -0.1) is 0 Å². The van der Waals surface area contributed by atoms with E-state index in [1.54, 1.807) is 17.0 Å². The number of rotatable bonds is 8. The first kappa shape index (κ1) is 21.2. The fraction of sp³-hybridized carbons (Fsp3) is 0.318. The van der Waals surface area contributed by atoms with E-state index in [0.29, 0.717) is 12.1 Å². The van der Waals surface area contributed by atoms with Crippen LogP contribution in [0.5, 0.6) is 0 Å². The van der Waals surface area contributed by atoms with Gasteiger partial charge in [-0.25, -0.2) is 4.79 Å².